The number of rotatable bonds is 9. The summed E-state index contributed by atoms with van der Waals surface area (Å²) in [6.07, 6.45) is 6.39. The lowest BCUT2D eigenvalue weighted by Gasteiger charge is -2.40. The van der Waals surface area contributed by atoms with E-state index in [4.69, 9.17) is 4.74 Å². The van der Waals surface area contributed by atoms with Crippen LogP contribution in [0.2, 0.25) is 0 Å². The standard InChI is InChI=1S/C23H28F2N4O2/c1-15(2)10-19(17-4-3-9-26-11-17)27-21(30)18-7-8-20(29-13-23(24,25)14-29)22(28-18)31-12-16-5-6-16/h3-4,7-9,11,15-16,19H,5-6,10,12-14H2,1-2H3,(H,27,30). The molecular formula is C23H28F2N4O2. The molecule has 3 heterocycles. The molecule has 1 amide bonds. The highest BCUT2D eigenvalue weighted by atomic mass is 19.3. The van der Waals surface area contributed by atoms with Gasteiger partial charge in [0, 0.05) is 12.4 Å². The van der Waals surface area contributed by atoms with Gasteiger partial charge in [0.05, 0.1) is 25.7 Å². The topological polar surface area (TPSA) is 67.4 Å². The van der Waals surface area contributed by atoms with Crippen LogP contribution >= 0.6 is 0 Å². The predicted molar refractivity (Wildman–Crippen MR) is 114 cm³/mol. The predicted octanol–water partition coefficient (Wildman–Crippen LogP) is 4.24. The van der Waals surface area contributed by atoms with Gasteiger partial charge in [0.1, 0.15) is 11.4 Å². The van der Waals surface area contributed by atoms with E-state index >= 15 is 0 Å². The first kappa shape index (κ1) is 21.5. The number of carbonyl (C=O) groups is 1. The zero-order valence-electron chi connectivity index (χ0n) is 17.9. The largest absolute Gasteiger partial charge is 0.476 e. The Morgan fingerprint density at radius 2 is 2.06 bits per heavy atom. The van der Waals surface area contributed by atoms with Gasteiger partial charge in [-0.2, -0.15) is 0 Å². The molecular weight excluding hydrogens is 402 g/mol. The second-order valence-electron chi connectivity index (χ2n) is 8.93. The molecule has 2 aromatic rings. The van der Waals surface area contributed by atoms with Crippen LogP contribution in [0.25, 0.3) is 0 Å². The molecule has 4 rings (SSSR count). The van der Waals surface area contributed by atoms with Crippen molar-refractivity contribution >= 4 is 11.6 Å². The fourth-order valence-corrected chi connectivity index (χ4v) is 3.63. The van der Waals surface area contributed by atoms with Gasteiger partial charge in [0.25, 0.3) is 11.8 Å². The van der Waals surface area contributed by atoms with Crippen LogP contribution in [0.3, 0.4) is 0 Å². The monoisotopic (exact) mass is 430 g/mol. The number of nitrogens with one attached hydrogen (secondary N) is 1. The van der Waals surface area contributed by atoms with Gasteiger partial charge < -0.3 is 15.0 Å². The molecule has 2 aromatic heterocycles. The van der Waals surface area contributed by atoms with E-state index in [9.17, 15) is 13.6 Å². The third kappa shape index (κ3) is 5.48. The van der Waals surface area contributed by atoms with E-state index in [0.29, 0.717) is 24.1 Å². The lowest BCUT2D eigenvalue weighted by molar-refractivity contribution is -0.0265. The molecule has 1 atom stereocenters. The third-order valence-corrected chi connectivity index (χ3v) is 5.51. The molecule has 31 heavy (non-hydrogen) atoms. The van der Waals surface area contributed by atoms with Crippen molar-refractivity contribution in [3.63, 3.8) is 0 Å². The summed E-state index contributed by atoms with van der Waals surface area (Å²) in [7, 11) is 0. The quantitative estimate of drug-likeness (QED) is 0.645. The molecule has 0 bridgehead atoms. The SMILES string of the molecule is CC(C)CC(NC(=O)c1ccc(N2CC(F)(F)C2)c(OCC2CC2)n1)c1cccnc1. The van der Waals surface area contributed by atoms with Crippen molar-refractivity contribution < 1.29 is 18.3 Å². The van der Waals surface area contributed by atoms with Crippen molar-refractivity contribution in [2.45, 2.75) is 45.1 Å². The Morgan fingerprint density at radius 3 is 2.68 bits per heavy atom. The van der Waals surface area contributed by atoms with Crippen LogP contribution in [-0.2, 0) is 0 Å². The number of halogens is 2. The van der Waals surface area contributed by atoms with Gasteiger partial charge in [0.15, 0.2) is 0 Å². The number of carbonyl (C=O) groups excluding carboxylic acids is 1. The zero-order valence-corrected chi connectivity index (χ0v) is 17.9. The fraction of sp³-hybridized carbons (Fsp3) is 0.522. The Labute approximate surface area is 181 Å². The zero-order chi connectivity index (χ0) is 22.0. The van der Waals surface area contributed by atoms with Crippen LogP contribution < -0.4 is 15.0 Å². The van der Waals surface area contributed by atoms with Crippen LogP contribution in [0.5, 0.6) is 5.88 Å². The molecule has 166 valence electrons. The maximum atomic E-state index is 13.4. The van der Waals surface area contributed by atoms with Crippen molar-refractivity contribution in [3.05, 3.63) is 47.9 Å². The third-order valence-electron chi connectivity index (χ3n) is 5.51. The molecule has 2 aliphatic rings. The Kier molecular flexibility index (Phi) is 6.07. The molecule has 2 fully saturated rings. The van der Waals surface area contributed by atoms with E-state index in [2.05, 4.69) is 29.1 Å². The number of alkyl halides is 2. The molecule has 1 unspecified atom stereocenters. The number of pyridine rings is 2. The molecule has 1 N–H and O–H groups in total. The normalized spacial score (nSPS) is 18.4. The molecule has 0 aromatic carbocycles. The number of anilines is 1. The molecule has 1 saturated heterocycles. The Balaban J connectivity index is 1.52. The van der Waals surface area contributed by atoms with Crippen molar-refractivity contribution in [2.75, 3.05) is 24.6 Å². The second kappa shape index (κ2) is 8.77. The molecule has 1 aliphatic heterocycles. The number of nitrogens with zero attached hydrogens (tertiary/aromatic N) is 3. The Hall–Kier alpha value is -2.77. The molecule has 8 heteroatoms. The average molecular weight is 430 g/mol. The van der Waals surface area contributed by atoms with Gasteiger partial charge in [-0.1, -0.05) is 19.9 Å². The van der Waals surface area contributed by atoms with Gasteiger partial charge in [-0.3, -0.25) is 9.78 Å². The Morgan fingerprint density at radius 1 is 1.29 bits per heavy atom. The lowest BCUT2D eigenvalue weighted by atomic mass is 9.98. The van der Waals surface area contributed by atoms with Crippen LogP contribution in [0.1, 0.15) is 55.2 Å². The van der Waals surface area contributed by atoms with Gasteiger partial charge in [-0.15, -0.1) is 0 Å². The fourth-order valence-electron chi connectivity index (χ4n) is 3.63. The van der Waals surface area contributed by atoms with E-state index in [1.807, 2.05) is 12.1 Å². The summed E-state index contributed by atoms with van der Waals surface area (Å²) in [5.74, 6) is -1.93. The summed E-state index contributed by atoms with van der Waals surface area (Å²) < 4.78 is 32.6. The summed E-state index contributed by atoms with van der Waals surface area (Å²) in [6, 6.07) is 6.80. The van der Waals surface area contributed by atoms with Crippen LogP contribution in [0.15, 0.2) is 36.7 Å². The van der Waals surface area contributed by atoms with Crippen molar-refractivity contribution in [2.24, 2.45) is 11.8 Å². The minimum Gasteiger partial charge on any atom is -0.476 e. The van der Waals surface area contributed by atoms with E-state index in [1.165, 1.54) is 4.90 Å². The van der Waals surface area contributed by atoms with Gasteiger partial charge in [-0.05, 0) is 54.9 Å². The maximum Gasteiger partial charge on any atom is 0.282 e. The van der Waals surface area contributed by atoms with Crippen LogP contribution in [-0.4, -0.2) is 41.5 Å². The number of ether oxygens (including phenoxy) is 1. The van der Waals surface area contributed by atoms with Gasteiger partial charge in [-0.25, -0.2) is 13.8 Å². The minimum absolute atomic E-state index is 0.201. The summed E-state index contributed by atoms with van der Waals surface area (Å²) in [5, 5.41) is 3.04. The summed E-state index contributed by atoms with van der Waals surface area (Å²) >= 11 is 0. The Bertz CT molecular complexity index is 911. The molecule has 0 spiro atoms. The molecule has 1 saturated carbocycles. The maximum absolute atomic E-state index is 13.4. The highest BCUT2D eigenvalue weighted by Gasteiger charge is 2.45. The first-order valence-electron chi connectivity index (χ1n) is 10.8. The number of amides is 1. The van der Waals surface area contributed by atoms with Crippen LogP contribution in [0.4, 0.5) is 14.5 Å². The smallest absolute Gasteiger partial charge is 0.282 e. The van der Waals surface area contributed by atoms with Crippen molar-refractivity contribution in [1.29, 1.82) is 0 Å². The van der Waals surface area contributed by atoms with Crippen LogP contribution in [0, 0.1) is 11.8 Å². The molecule has 1 aliphatic carbocycles. The summed E-state index contributed by atoms with van der Waals surface area (Å²) in [6.45, 7) is 3.94. The minimum atomic E-state index is -2.70. The number of hydrogen-bond donors (Lipinski definition) is 1. The lowest BCUT2D eigenvalue weighted by Crippen LogP contribution is -2.56. The van der Waals surface area contributed by atoms with Gasteiger partial charge in [0.2, 0.25) is 5.88 Å². The first-order valence-corrected chi connectivity index (χ1v) is 10.8. The number of hydrogen-bond acceptors (Lipinski definition) is 5. The summed E-state index contributed by atoms with van der Waals surface area (Å²) in [5.41, 5.74) is 1.64. The highest BCUT2D eigenvalue weighted by molar-refractivity contribution is 5.93. The van der Waals surface area contributed by atoms with Crippen molar-refractivity contribution in [3.8, 4) is 5.88 Å². The second-order valence-corrected chi connectivity index (χ2v) is 8.93. The first-order chi connectivity index (χ1) is 14.8. The van der Waals surface area contributed by atoms with E-state index in [-0.39, 0.29) is 36.6 Å². The van der Waals surface area contributed by atoms with Gasteiger partial charge >= 0.3 is 0 Å². The highest BCUT2D eigenvalue weighted by Crippen LogP contribution is 2.38. The molecule has 0 radical (unpaired) electrons. The van der Waals surface area contributed by atoms with E-state index < -0.39 is 5.92 Å². The summed E-state index contributed by atoms with van der Waals surface area (Å²) in [4.78, 5) is 23.1. The number of aromatic nitrogens is 2. The van der Waals surface area contributed by atoms with E-state index in [0.717, 1.165) is 24.8 Å². The molecule has 6 nitrogen and oxygen atoms in total. The average Bonchev–Trinajstić information content (AvgIpc) is 3.54. The van der Waals surface area contributed by atoms with E-state index in [1.54, 1.807) is 24.5 Å². The van der Waals surface area contributed by atoms with Crippen molar-refractivity contribution in [1.82, 2.24) is 15.3 Å².